The minimum atomic E-state index is -0.258. The van der Waals surface area contributed by atoms with Crippen LogP contribution in [-0.2, 0) is 6.42 Å². The number of aromatic amines is 1. The molecule has 148 valence electrons. The maximum Gasteiger partial charge on any atom is 0.265 e. The van der Waals surface area contributed by atoms with E-state index in [9.17, 15) is 9.59 Å². The molecule has 0 radical (unpaired) electrons. The highest BCUT2D eigenvalue weighted by Gasteiger charge is 2.11. The molecule has 0 atom stereocenters. The monoisotopic (exact) mass is 416 g/mol. The number of fused-ring (bicyclic) bond motifs is 3. The van der Waals surface area contributed by atoms with E-state index in [2.05, 4.69) is 21.4 Å². The van der Waals surface area contributed by atoms with Crippen molar-refractivity contribution in [3.05, 3.63) is 93.5 Å². The van der Waals surface area contributed by atoms with Crippen LogP contribution in [0.5, 0.6) is 0 Å². The number of benzene rings is 2. The molecule has 6 nitrogen and oxygen atoms in total. The van der Waals surface area contributed by atoms with Crippen LogP contribution in [0, 0.1) is 0 Å². The second-order valence-corrected chi connectivity index (χ2v) is 7.53. The van der Waals surface area contributed by atoms with Gasteiger partial charge in [0.15, 0.2) is 0 Å². The number of carbonyl (C=O) groups is 1. The van der Waals surface area contributed by atoms with Gasteiger partial charge in [0, 0.05) is 34.9 Å². The molecule has 5 aromatic rings. The van der Waals surface area contributed by atoms with Gasteiger partial charge < -0.3 is 10.3 Å². The highest BCUT2D eigenvalue weighted by Crippen LogP contribution is 2.18. The lowest BCUT2D eigenvalue weighted by Gasteiger charge is -2.08. The van der Waals surface area contributed by atoms with E-state index in [-0.39, 0.29) is 11.5 Å². The molecule has 0 spiro atoms. The summed E-state index contributed by atoms with van der Waals surface area (Å²) in [5.41, 5.74) is 3.41. The van der Waals surface area contributed by atoms with Gasteiger partial charge in [-0.2, -0.15) is 0 Å². The van der Waals surface area contributed by atoms with Gasteiger partial charge in [-0.25, -0.2) is 4.98 Å². The maximum absolute atomic E-state index is 12.8. The van der Waals surface area contributed by atoms with E-state index in [0.29, 0.717) is 40.1 Å². The molecule has 2 aromatic carbocycles. The summed E-state index contributed by atoms with van der Waals surface area (Å²) in [5, 5.41) is 4.96. The molecule has 0 aliphatic heterocycles. The lowest BCUT2D eigenvalue weighted by atomic mass is 10.1. The Morgan fingerprint density at radius 1 is 1.10 bits per heavy atom. The number of hydrogen-bond acceptors (Lipinski definition) is 3. The Bertz CT molecular complexity index is 1490. The zero-order valence-corrected chi connectivity index (χ0v) is 16.6. The van der Waals surface area contributed by atoms with Crippen molar-refractivity contribution < 1.29 is 4.79 Å². The quantitative estimate of drug-likeness (QED) is 0.435. The number of carbonyl (C=O) groups excluding carboxylic acids is 1. The number of pyridine rings is 1. The molecular formula is C23H17ClN4O2. The molecular weight excluding hydrogens is 400 g/mol. The van der Waals surface area contributed by atoms with E-state index in [1.54, 1.807) is 30.3 Å². The Hall–Kier alpha value is -3.64. The van der Waals surface area contributed by atoms with Gasteiger partial charge >= 0.3 is 0 Å². The summed E-state index contributed by atoms with van der Waals surface area (Å²) >= 11 is 6.02. The molecule has 0 unspecified atom stereocenters. The average Bonchev–Trinajstić information content (AvgIpc) is 3.17. The zero-order valence-electron chi connectivity index (χ0n) is 15.9. The SMILES string of the molecule is O=C(NCCc1c[nH]c2ccccc12)c1ccc2nc3ccc(Cl)cc3c(=O)n2c1. The molecule has 0 saturated heterocycles. The Balaban J connectivity index is 1.38. The first-order valence-corrected chi connectivity index (χ1v) is 9.93. The van der Waals surface area contributed by atoms with E-state index in [0.717, 1.165) is 16.5 Å². The fourth-order valence-electron chi connectivity index (χ4n) is 3.66. The van der Waals surface area contributed by atoms with Crippen LogP contribution in [0.3, 0.4) is 0 Å². The van der Waals surface area contributed by atoms with Crippen LogP contribution in [0.1, 0.15) is 15.9 Å². The molecule has 0 aliphatic carbocycles. The van der Waals surface area contributed by atoms with Crippen molar-refractivity contribution in [3.8, 4) is 0 Å². The van der Waals surface area contributed by atoms with Gasteiger partial charge in [-0.15, -0.1) is 0 Å². The summed E-state index contributed by atoms with van der Waals surface area (Å²) in [6.45, 7) is 0.485. The third-order valence-electron chi connectivity index (χ3n) is 5.19. The summed E-state index contributed by atoms with van der Waals surface area (Å²) in [5.74, 6) is -0.241. The van der Waals surface area contributed by atoms with Gasteiger partial charge in [0.1, 0.15) is 5.65 Å². The number of aromatic nitrogens is 3. The third kappa shape index (κ3) is 3.21. The second-order valence-electron chi connectivity index (χ2n) is 7.09. The molecule has 30 heavy (non-hydrogen) atoms. The Labute approximate surface area is 176 Å². The van der Waals surface area contributed by atoms with Gasteiger partial charge in [0.05, 0.1) is 16.5 Å². The van der Waals surface area contributed by atoms with E-state index in [1.807, 2.05) is 24.4 Å². The number of para-hydroxylation sites is 1. The van der Waals surface area contributed by atoms with Crippen LogP contribution in [-0.4, -0.2) is 26.8 Å². The molecule has 0 aliphatic rings. The van der Waals surface area contributed by atoms with Gasteiger partial charge in [-0.05, 0) is 48.4 Å². The van der Waals surface area contributed by atoms with Crippen molar-refractivity contribution in [3.63, 3.8) is 0 Å². The van der Waals surface area contributed by atoms with Crippen LogP contribution < -0.4 is 10.9 Å². The summed E-state index contributed by atoms with van der Waals surface area (Å²) in [6, 6.07) is 16.4. The van der Waals surface area contributed by atoms with Crippen molar-refractivity contribution in [2.24, 2.45) is 0 Å². The summed E-state index contributed by atoms with van der Waals surface area (Å²) in [7, 11) is 0. The van der Waals surface area contributed by atoms with Crippen molar-refractivity contribution in [2.75, 3.05) is 6.54 Å². The predicted octanol–water partition coefficient (Wildman–Crippen LogP) is 3.95. The first kappa shape index (κ1) is 18.4. The number of rotatable bonds is 4. The lowest BCUT2D eigenvalue weighted by molar-refractivity contribution is 0.0953. The molecule has 1 amide bonds. The predicted molar refractivity (Wildman–Crippen MR) is 118 cm³/mol. The molecule has 0 saturated carbocycles. The second kappa shape index (κ2) is 7.31. The molecule has 2 N–H and O–H groups in total. The fraction of sp³-hybridized carbons (Fsp3) is 0.0870. The normalized spacial score (nSPS) is 11.4. The zero-order chi connectivity index (χ0) is 20.7. The highest BCUT2D eigenvalue weighted by molar-refractivity contribution is 6.31. The number of H-pyrrole nitrogens is 1. The van der Waals surface area contributed by atoms with Crippen LogP contribution in [0.15, 0.2) is 71.8 Å². The number of amides is 1. The summed E-state index contributed by atoms with van der Waals surface area (Å²) in [4.78, 5) is 33.2. The molecule has 3 aromatic heterocycles. The van der Waals surface area contributed by atoms with E-state index in [1.165, 1.54) is 10.6 Å². The van der Waals surface area contributed by atoms with Gasteiger partial charge in [-0.1, -0.05) is 29.8 Å². The van der Waals surface area contributed by atoms with Crippen molar-refractivity contribution in [2.45, 2.75) is 6.42 Å². The first-order chi connectivity index (χ1) is 14.6. The van der Waals surface area contributed by atoms with Crippen LogP contribution in [0.4, 0.5) is 0 Å². The molecule has 0 fully saturated rings. The van der Waals surface area contributed by atoms with Gasteiger partial charge in [0.2, 0.25) is 0 Å². The van der Waals surface area contributed by atoms with Crippen molar-refractivity contribution >= 4 is 45.0 Å². The van der Waals surface area contributed by atoms with E-state index < -0.39 is 0 Å². The molecule has 0 bridgehead atoms. The van der Waals surface area contributed by atoms with Crippen LogP contribution in [0.25, 0.3) is 27.5 Å². The standard InChI is InChI=1S/C23H17ClN4O2/c24-16-6-7-20-18(11-16)23(30)28-13-15(5-8-21(28)27-20)22(29)25-10-9-14-12-26-19-4-2-1-3-17(14)19/h1-8,11-13,26H,9-10H2,(H,25,29). The first-order valence-electron chi connectivity index (χ1n) is 9.55. The van der Waals surface area contributed by atoms with E-state index >= 15 is 0 Å². The molecule has 7 heteroatoms. The minimum Gasteiger partial charge on any atom is -0.361 e. The minimum absolute atomic E-state index is 0.241. The van der Waals surface area contributed by atoms with Crippen molar-refractivity contribution in [1.29, 1.82) is 0 Å². The lowest BCUT2D eigenvalue weighted by Crippen LogP contribution is -2.26. The smallest absolute Gasteiger partial charge is 0.265 e. The summed E-state index contributed by atoms with van der Waals surface area (Å²) < 4.78 is 1.38. The van der Waals surface area contributed by atoms with Crippen LogP contribution >= 0.6 is 11.6 Å². The number of halogens is 1. The third-order valence-corrected chi connectivity index (χ3v) is 5.42. The van der Waals surface area contributed by atoms with Crippen molar-refractivity contribution in [1.82, 2.24) is 19.7 Å². The Kier molecular flexibility index (Phi) is 4.48. The fourth-order valence-corrected chi connectivity index (χ4v) is 3.83. The topological polar surface area (TPSA) is 79.3 Å². The number of nitrogens with zero attached hydrogens (tertiary/aromatic N) is 2. The number of nitrogens with one attached hydrogen (secondary N) is 2. The van der Waals surface area contributed by atoms with Crippen LogP contribution in [0.2, 0.25) is 5.02 Å². The average molecular weight is 417 g/mol. The van der Waals surface area contributed by atoms with Gasteiger partial charge in [0.25, 0.3) is 11.5 Å². The van der Waals surface area contributed by atoms with E-state index in [4.69, 9.17) is 11.6 Å². The Morgan fingerprint density at radius 2 is 1.97 bits per heavy atom. The van der Waals surface area contributed by atoms with Gasteiger partial charge in [-0.3, -0.25) is 14.0 Å². The maximum atomic E-state index is 12.8. The molecule has 3 heterocycles. The highest BCUT2D eigenvalue weighted by atomic mass is 35.5. The summed E-state index contributed by atoms with van der Waals surface area (Å²) in [6.07, 6.45) is 4.19. The largest absolute Gasteiger partial charge is 0.361 e. The number of hydrogen-bond donors (Lipinski definition) is 2. The molecule has 5 rings (SSSR count). The Morgan fingerprint density at radius 3 is 2.87 bits per heavy atom.